The van der Waals surface area contributed by atoms with E-state index in [2.05, 4.69) is 15.6 Å². The highest BCUT2D eigenvalue weighted by atomic mass is 32.2. The molecule has 0 saturated carbocycles. The van der Waals surface area contributed by atoms with Crippen LogP contribution in [0.4, 0.5) is 0 Å². The Balaban J connectivity index is 2.41. The molecule has 2 aromatic rings. The van der Waals surface area contributed by atoms with Crippen molar-refractivity contribution >= 4 is 22.8 Å². The van der Waals surface area contributed by atoms with Gasteiger partial charge >= 0.3 is 0 Å². The average molecular weight is 208 g/mol. The first kappa shape index (κ1) is 9.55. The van der Waals surface area contributed by atoms with E-state index in [4.69, 9.17) is 4.74 Å². The van der Waals surface area contributed by atoms with Crippen molar-refractivity contribution in [3.63, 3.8) is 0 Å². The first-order valence-corrected chi connectivity index (χ1v) is 5.34. The topological polar surface area (TPSA) is 27.1 Å². The van der Waals surface area contributed by atoms with Crippen LogP contribution < -0.4 is 0 Å². The highest BCUT2D eigenvalue weighted by Gasteiger charge is 2.06. The van der Waals surface area contributed by atoms with Gasteiger partial charge in [-0.25, -0.2) is 4.98 Å². The van der Waals surface area contributed by atoms with Crippen LogP contribution in [0.1, 0.15) is 0 Å². The molecule has 0 spiro atoms. The summed E-state index contributed by atoms with van der Waals surface area (Å²) in [7, 11) is 3.71. The number of ether oxygens (including phenoxy) is 1. The molecular weight excluding hydrogens is 196 g/mol. The Morgan fingerprint density at radius 1 is 1.43 bits per heavy atom. The monoisotopic (exact) mass is 208 g/mol. The molecule has 0 N–H and O–H groups in total. The zero-order valence-electron chi connectivity index (χ0n) is 8.23. The summed E-state index contributed by atoms with van der Waals surface area (Å²) >= 11 is 1.60. The molecule has 0 atom stereocenters. The molecule has 74 valence electrons. The molecule has 0 aliphatic heterocycles. The van der Waals surface area contributed by atoms with Crippen LogP contribution in [0.25, 0.3) is 11.0 Å². The normalized spacial score (nSPS) is 11.0. The maximum atomic E-state index is 5.01. The number of para-hydroxylation sites is 2. The largest absolute Gasteiger partial charge is 0.374 e. The molecule has 14 heavy (non-hydrogen) atoms. The van der Waals surface area contributed by atoms with E-state index in [9.17, 15) is 0 Å². The number of hydrogen-bond donors (Lipinski definition) is 0. The fourth-order valence-corrected chi connectivity index (χ4v) is 2.04. The third kappa shape index (κ3) is 1.63. The molecule has 0 radical (unpaired) electrons. The van der Waals surface area contributed by atoms with E-state index in [0.29, 0.717) is 5.94 Å². The van der Waals surface area contributed by atoms with E-state index in [0.717, 1.165) is 16.2 Å². The molecule has 2 rings (SSSR count). The van der Waals surface area contributed by atoms with Crippen LogP contribution in [-0.2, 0) is 11.8 Å². The van der Waals surface area contributed by atoms with Gasteiger partial charge in [0.05, 0.1) is 17.0 Å². The summed E-state index contributed by atoms with van der Waals surface area (Å²) in [6, 6.07) is 8.11. The number of aryl methyl sites for hydroxylation is 1. The Labute approximate surface area is 87.1 Å². The van der Waals surface area contributed by atoms with Gasteiger partial charge in [-0.2, -0.15) is 0 Å². The number of hydrogen-bond acceptors (Lipinski definition) is 3. The second kappa shape index (κ2) is 4.02. The lowest BCUT2D eigenvalue weighted by Gasteiger charge is -1.99. The van der Waals surface area contributed by atoms with Crippen molar-refractivity contribution in [2.75, 3.05) is 13.0 Å². The standard InChI is InChI=1S/C10H12N2OS/c1-12-9-6-4-3-5-8(9)11-10(12)14-7-13-2/h3-6H,7H2,1-2H3. The number of nitrogens with zero attached hydrogens (tertiary/aromatic N) is 2. The fraction of sp³-hybridized carbons (Fsp3) is 0.300. The summed E-state index contributed by atoms with van der Waals surface area (Å²) < 4.78 is 7.09. The highest BCUT2D eigenvalue weighted by molar-refractivity contribution is 7.99. The molecule has 0 saturated heterocycles. The van der Waals surface area contributed by atoms with E-state index in [1.165, 1.54) is 0 Å². The smallest absolute Gasteiger partial charge is 0.171 e. The second-order valence-corrected chi connectivity index (χ2v) is 3.88. The molecule has 1 heterocycles. The van der Waals surface area contributed by atoms with E-state index in [1.807, 2.05) is 25.2 Å². The van der Waals surface area contributed by atoms with E-state index >= 15 is 0 Å². The maximum absolute atomic E-state index is 5.01. The van der Waals surface area contributed by atoms with Gasteiger partial charge in [0.1, 0.15) is 0 Å². The number of imidazole rings is 1. The zero-order valence-corrected chi connectivity index (χ0v) is 9.04. The van der Waals surface area contributed by atoms with Crippen molar-refractivity contribution in [3.05, 3.63) is 24.3 Å². The van der Waals surface area contributed by atoms with Gasteiger partial charge in [0, 0.05) is 14.2 Å². The van der Waals surface area contributed by atoms with E-state index in [1.54, 1.807) is 18.9 Å². The van der Waals surface area contributed by atoms with Crippen LogP contribution in [0.3, 0.4) is 0 Å². The molecule has 1 aromatic heterocycles. The SMILES string of the molecule is COCSc1nc2ccccc2n1C. The van der Waals surface area contributed by atoms with Crippen LogP contribution in [0.5, 0.6) is 0 Å². The van der Waals surface area contributed by atoms with Gasteiger partial charge in [-0.3, -0.25) is 0 Å². The van der Waals surface area contributed by atoms with Gasteiger partial charge in [-0.05, 0) is 12.1 Å². The lowest BCUT2D eigenvalue weighted by Crippen LogP contribution is -1.92. The summed E-state index contributed by atoms with van der Waals surface area (Å²) in [4.78, 5) is 4.50. The van der Waals surface area contributed by atoms with E-state index < -0.39 is 0 Å². The highest BCUT2D eigenvalue weighted by Crippen LogP contribution is 2.22. The molecular formula is C10H12N2OS. The number of benzene rings is 1. The van der Waals surface area contributed by atoms with Gasteiger partial charge in [0.2, 0.25) is 0 Å². The van der Waals surface area contributed by atoms with Crippen LogP contribution in [0.2, 0.25) is 0 Å². The minimum Gasteiger partial charge on any atom is -0.374 e. The summed E-state index contributed by atoms with van der Waals surface area (Å²) in [6.07, 6.45) is 0. The quantitative estimate of drug-likeness (QED) is 0.572. The molecule has 0 aliphatic carbocycles. The van der Waals surface area contributed by atoms with Crippen molar-refractivity contribution in [1.82, 2.24) is 9.55 Å². The molecule has 0 fully saturated rings. The number of rotatable bonds is 3. The van der Waals surface area contributed by atoms with E-state index in [-0.39, 0.29) is 0 Å². The Hall–Kier alpha value is -1.00. The number of fused-ring (bicyclic) bond motifs is 1. The Morgan fingerprint density at radius 3 is 2.93 bits per heavy atom. The van der Waals surface area contributed by atoms with Crippen molar-refractivity contribution in [2.24, 2.45) is 7.05 Å². The molecule has 1 aromatic carbocycles. The van der Waals surface area contributed by atoms with Crippen LogP contribution in [0.15, 0.2) is 29.4 Å². The predicted octanol–water partition coefficient (Wildman–Crippen LogP) is 2.27. The Kier molecular flexibility index (Phi) is 2.74. The maximum Gasteiger partial charge on any atom is 0.171 e. The molecule has 3 nitrogen and oxygen atoms in total. The van der Waals surface area contributed by atoms with Crippen molar-refractivity contribution in [1.29, 1.82) is 0 Å². The van der Waals surface area contributed by atoms with Crippen molar-refractivity contribution < 1.29 is 4.74 Å². The van der Waals surface area contributed by atoms with Crippen LogP contribution in [0, 0.1) is 0 Å². The molecule has 0 amide bonds. The molecule has 4 heteroatoms. The van der Waals surface area contributed by atoms with Gasteiger partial charge < -0.3 is 9.30 Å². The first-order chi connectivity index (χ1) is 6.83. The number of methoxy groups -OCH3 is 1. The summed E-state index contributed by atoms with van der Waals surface area (Å²) in [6.45, 7) is 0. The predicted molar refractivity (Wildman–Crippen MR) is 58.4 cm³/mol. The van der Waals surface area contributed by atoms with Crippen LogP contribution >= 0.6 is 11.8 Å². The minimum atomic E-state index is 0.636. The van der Waals surface area contributed by atoms with Crippen molar-refractivity contribution in [3.8, 4) is 0 Å². The van der Waals surface area contributed by atoms with Gasteiger partial charge in [-0.1, -0.05) is 23.9 Å². The van der Waals surface area contributed by atoms with Gasteiger partial charge in [0.15, 0.2) is 5.16 Å². The lowest BCUT2D eigenvalue weighted by atomic mass is 10.3. The zero-order chi connectivity index (χ0) is 9.97. The van der Waals surface area contributed by atoms with Gasteiger partial charge in [-0.15, -0.1) is 0 Å². The third-order valence-electron chi connectivity index (χ3n) is 2.05. The lowest BCUT2D eigenvalue weighted by molar-refractivity contribution is 0.258. The van der Waals surface area contributed by atoms with Crippen molar-refractivity contribution in [2.45, 2.75) is 5.16 Å². The summed E-state index contributed by atoms with van der Waals surface area (Å²) in [5, 5.41) is 0.994. The van der Waals surface area contributed by atoms with Gasteiger partial charge in [0.25, 0.3) is 0 Å². The third-order valence-corrected chi connectivity index (χ3v) is 3.03. The summed E-state index contributed by atoms with van der Waals surface area (Å²) in [5.74, 6) is 0.636. The number of thioether (sulfide) groups is 1. The minimum absolute atomic E-state index is 0.636. The fourth-order valence-electron chi connectivity index (χ4n) is 1.36. The Morgan fingerprint density at radius 2 is 2.21 bits per heavy atom. The van der Waals surface area contributed by atoms with Crippen LogP contribution in [-0.4, -0.2) is 22.6 Å². The summed E-state index contributed by atoms with van der Waals surface area (Å²) in [5.41, 5.74) is 2.19. The Bertz CT molecular complexity index is 439. The first-order valence-electron chi connectivity index (χ1n) is 4.36. The molecule has 0 aliphatic rings. The average Bonchev–Trinajstić information content (AvgIpc) is 2.54. The second-order valence-electron chi connectivity index (χ2n) is 2.99. The molecule has 0 unspecified atom stereocenters. The molecule has 0 bridgehead atoms. The number of aromatic nitrogens is 2.